The Morgan fingerprint density at radius 1 is 1.17 bits per heavy atom. The largest absolute Gasteiger partial charge is 0.335 e. The van der Waals surface area contributed by atoms with Gasteiger partial charge in [0.2, 0.25) is 0 Å². The highest BCUT2D eigenvalue weighted by Gasteiger charge is 2.24. The predicted octanol–water partition coefficient (Wildman–Crippen LogP) is 0.775. The first-order chi connectivity index (χ1) is 11.5. The number of carbonyl (C=O) groups is 1. The molecule has 7 nitrogen and oxygen atoms in total. The zero-order chi connectivity index (χ0) is 17.1. The second kappa shape index (κ2) is 7.23. The van der Waals surface area contributed by atoms with Crippen LogP contribution in [0.5, 0.6) is 0 Å². The molecule has 24 heavy (non-hydrogen) atoms. The van der Waals surface area contributed by atoms with Gasteiger partial charge >= 0.3 is 0 Å². The van der Waals surface area contributed by atoms with Crippen molar-refractivity contribution in [1.29, 1.82) is 0 Å². The molecule has 2 aromatic rings. The van der Waals surface area contributed by atoms with E-state index in [0.29, 0.717) is 19.6 Å². The highest BCUT2D eigenvalue weighted by atomic mass is 32.1. The Balaban J connectivity index is 1.52. The number of rotatable bonds is 4. The van der Waals surface area contributed by atoms with Gasteiger partial charge in [-0.1, -0.05) is 0 Å². The quantitative estimate of drug-likeness (QED) is 0.817. The lowest BCUT2D eigenvalue weighted by atomic mass is 10.2. The van der Waals surface area contributed by atoms with Crippen molar-refractivity contribution < 1.29 is 4.79 Å². The molecule has 0 aromatic carbocycles. The Hall–Kier alpha value is -2.06. The molecule has 128 valence electrons. The second-order valence-electron chi connectivity index (χ2n) is 5.94. The Bertz CT molecular complexity index is 777. The lowest BCUT2D eigenvalue weighted by molar-refractivity contribution is 0.0635. The smallest absolute Gasteiger partial charge is 0.266 e. The van der Waals surface area contributed by atoms with Crippen LogP contribution in [0.1, 0.15) is 21.1 Å². The predicted molar refractivity (Wildman–Crippen MR) is 92.4 cm³/mol. The van der Waals surface area contributed by atoms with Crippen molar-refractivity contribution in [3.63, 3.8) is 0 Å². The summed E-state index contributed by atoms with van der Waals surface area (Å²) in [7, 11) is 0. The van der Waals surface area contributed by atoms with Gasteiger partial charge in [-0.05, 0) is 19.9 Å². The van der Waals surface area contributed by atoms with Crippen LogP contribution in [-0.4, -0.2) is 63.2 Å². The van der Waals surface area contributed by atoms with Crippen LogP contribution < -0.4 is 5.56 Å². The van der Waals surface area contributed by atoms with Gasteiger partial charge in [0.05, 0.1) is 23.4 Å². The van der Waals surface area contributed by atoms with E-state index >= 15 is 0 Å². The first-order valence-electron chi connectivity index (χ1n) is 8.01. The van der Waals surface area contributed by atoms with Crippen LogP contribution in [0, 0.1) is 13.8 Å². The third kappa shape index (κ3) is 3.70. The second-order valence-corrected chi connectivity index (χ2v) is 6.79. The van der Waals surface area contributed by atoms with Gasteiger partial charge in [0, 0.05) is 38.8 Å². The number of hydrogen-bond acceptors (Lipinski definition) is 6. The molecule has 1 saturated heterocycles. The van der Waals surface area contributed by atoms with E-state index in [4.69, 9.17) is 0 Å². The standard InChI is InChI=1S/C16H21N5O2S/c1-12-3-4-14(22)21(18-12)10-7-19-5-8-20(9-6-19)16(23)15-13(2)17-11-24-15/h3-4,11H,5-10H2,1-2H3. The molecule has 0 bridgehead atoms. The number of thiazole rings is 1. The fraction of sp³-hybridized carbons (Fsp3) is 0.500. The normalized spacial score (nSPS) is 15.7. The van der Waals surface area contributed by atoms with E-state index in [9.17, 15) is 9.59 Å². The zero-order valence-electron chi connectivity index (χ0n) is 13.9. The van der Waals surface area contributed by atoms with Crippen LogP contribution in [0.15, 0.2) is 22.4 Å². The highest BCUT2D eigenvalue weighted by Crippen LogP contribution is 2.16. The maximum atomic E-state index is 12.5. The van der Waals surface area contributed by atoms with E-state index in [1.165, 1.54) is 16.0 Å². The maximum absolute atomic E-state index is 12.5. The molecule has 0 N–H and O–H groups in total. The zero-order valence-corrected chi connectivity index (χ0v) is 14.8. The maximum Gasteiger partial charge on any atom is 0.266 e. The van der Waals surface area contributed by atoms with Crippen molar-refractivity contribution in [3.05, 3.63) is 44.3 Å². The van der Waals surface area contributed by atoms with Gasteiger partial charge in [0.25, 0.3) is 11.5 Å². The van der Waals surface area contributed by atoms with E-state index in [-0.39, 0.29) is 11.5 Å². The van der Waals surface area contributed by atoms with Crippen molar-refractivity contribution >= 4 is 17.2 Å². The monoisotopic (exact) mass is 347 g/mol. The minimum Gasteiger partial charge on any atom is -0.335 e. The minimum absolute atomic E-state index is 0.0740. The molecule has 0 spiro atoms. The summed E-state index contributed by atoms with van der Waals surface area (Å²) in [4.78, 5) is 33.3. The Labute approximate surface area is 144 Å². The Kier molecular flexibility index (Phi) is 5.06. The van der Waals surface area contributed by atoms with Crippen LogP contribution >= 0.6 is 11.3 Å². The summed E-state index contributed by atoms with van der Waals surface area (Å²) in [6, 6.07) is 3.28. The number of hydrogen-bond donors (Lipinski definition) is 0. The molecule has 0 radical (unpaired) electrons. The number of carbonyl (C=O) groups excluding carboxylic acids is 1. The van der Waals surface area contributed by atoms with Gasteiger partial charge in [-0.3, -0.25) is 14.5 Å². The average Bonchev–Trinajstić information content (AvgIpc) is 3.01. The molecule has 2 aromatic heterocycles. The molecule has 1 aliphatic rings. The highest BCUT2D eigenvalue weighted by molar-refractivity contribution is 7.11. The summed E-state index contributed by atoms with van der Waals surface area (Å²) in [5.41, 5.74) is 3.28. The minimum atomic E-state index is -0.0740. The number of aromatic nitrogens is 3. The van der Waals surface area contributed by atoms with Crippen LogP contribution in [0.25, 0.3) is 0 Å². The van der Waals surface area contributed by atoms with Gasteiger partial charge in [-0.15, -0.1) is 11.3 Å². The fourth-order valence-electron chi connectivity index (χ4n) is 2.77. The number of aryl methyl sites for hydroxylation is 2. The molecule has 0 atom stereocenters. The third-order valence-electron chi connectivity index (χ3n) is 4.23. The average molecular weight is 347 g/mol. The molecular weight excluding hydrogens is 326 g/mol. The van der Waals surface area contributed by atoms with E-state index < -0.39 is 0 Å². The molecule has 1 aliphatic heterocycles. The molecule has 1 amide bonds. The first kappa shape index (κ1) is 16.8. The van der Waals surface area contributed by atoms with Gasteiger partial charge in [-0.2, -0.15) is 5.10 Å². The summed E-state index contributed by atoms with van der Waals surface area (Å²) < 4.78 is 1.51. The molecular formula is C16H21N5O2S. The summed E-state index contributed by atoms with van der Waals surface area (Å²) in [6.45, 7) is 8.10. The van der Waals surface area contributed by atoms with E-state index in [0.717, 1.165) is 35.9 Å². The van der Waals surface area contributed by atoms with Crippen molar-refractivity contribution in [1.82, 2.24) is 24.6 Å². The van der Waals surface area contributed by atoms with Gasteiger partial charge in [0.15, 0.2) is 0 Å². The van der Waals surface area contributed by atoms with Gasteiger partial charge in [-0.25, -0.2) is 9.67 Å². The van der Waals surface area contributed by atoms with Crippen molar-refractivity contribution in [2.24, 2.45) is 0 Å². The molecule has 3 heterocycles. The van der Waals surface area contributed by atoms with Gasteiger partial charge < -0.3 is 4.90 Å². The molecule has 0 saturated carbocycles. The van der Waals surface area contributed by atoms with E-state index in [1.54, 1.807) is 17.6 Å². The molecule has 1 fully saturated rings. The number of piperazine rings is 1. The SMILES string of the molecule is Cc1ccc(=O)n(CCN2CCN(C(=O)c3scnc3C)CC2)n1. The van der Waals surface area contributed by atoms with Crippen LogP contribution in [-0.2, 0) is 6.54 Å². The fourth-order valence-corrected chi connectivity index (χ4v) is 3.54. The van der Waals surface area contributed by atoms with Gasteiger partial charge in [0.1, 0.15) is 4.88 Å². The van der Waals surface area contributed by atoms with Crippen molar-refractivity contribution in [2.75, 3.05) is 32.7 Å². The number of nitrogens with zero attached hydrogens (tertiary/aromatic N) is 5. The Morgan fingerprint density at radius 2 is 1.92 bits per heavy atom. The lowest BCUT2D eigenvalue weighted by Crippen LogP contribution is -2.49. The molecule has 3 rings (SSSR count). The van der Waals surface area contributed by atoms with Crippen molar-refractivity contribution in [3.8, 4) is 0 Å². The Morgan fingerprint density at radius 3 is 2.58 bits per heavy atom. The molecule has 0 aliphatic carbocycles. The first-order valence-corrected chi connectivity index (χ1v) is 8.89. The summed E-state index contributed by atoms with van der Waals surface area (Å²) in [5.74, 6) is 0.0752. The topological polar surface area (TPSA) is 71.3 Å². The van der Waals surface area contributed by atoms with Crippen LogP contribution in [0.2, 0.25) is 0 Å². The summed E-state index contributed by atoms with van der Waals surface area (Å²) in [5, 5.41) is 4.25. The summed E-state index contributed by atoms with van der Waals surface area (Å²) >= 11 is 1.40. The molecule has 8 heteroatoms. The molecule has 0 unspecified atom stereocenters. The van der Waals surface area contributed by atoms with Crippen molar-refractivity contribution in [2.45, 2.75) is 20.4 Å². The van der Waals surface area contributed by atoms with E-state index in [1.807, 2.05) is 18.7 Å². The van der Waals surface area contributed by atoms with E-state index in [2.05, 4.69) is 15.0 Å². The lowest BCUT2D eigenvalue weighted by Gasteiger charge is -2.34. The summed E-state index contributed by atoms with van der Waals surface area (Å²) in [6.07, 6.45) is 0. The van der Waals surface area contributed by atoms with Crippen LogP contribution in [0.3, 0.4) is 0 Å². The third-order valence-corrected chi connectivity index (χ3v) is 5.14. The van der Waals surface area contributed by atoms with Crippen LogP contribution in [0.4, 0.5) is 0 Å². The number of amides is 1.